The van der Waals surface area contributed by atoms with Crippen LogP contribution >= 0.6 is 0 Å². The van der Waals surface area contributed by atoms with Gasteiger partial charge in [0.25, 0.3) is 5.91 Å². The third-order valence-electron chi connectivity index (χ3n) is 4.05. The first kappa shape index (κ1) is 18.6. The summed E-state index contributed by atoms with van der Waals surface area (Å²) in [5, 5.41) is 11.2. The van der Waals surface area contributed by atoms with Crippen molar-refractivity contribution in [1.82, 2.24) is 19.6 Å². The number of nitrogens with one attached hydrogen (secondary N) is 1. The van der Waals surface area contributed by atoms with E-state index < -0.39 is 12.5 Å². The summed E-state index contributed by atoms with van der Waals surface area (Å²) in [7, 11) is 0. The zero-order valence-electron chi connectivity index (χ0n) is 14.9. The molecule has 3 aromatic rings. The number of ether oxygens (including phenoxy) is 1. The summed E-state index contributed by atoms with van der Waals surface area (Å²) in [4.78, 5) is 12.3. The fourth-order valence-corrected chi connectivity index (χ4v) is 2.67. The highest BCUT2D eigenvalue weighted by molar-refractivity contribution is 6.04. The maximum atomic E-state index is 12.3. The molecule has 0 aliphatic rings. The summed E-state index contributed by atoms with van der Waals surface area (Å²) < 4.78 is 32.5. The zero-order valence-corrected chi connectivity index (χ0v) is 14.9. The molecule has 0 atom stereocenters. The van der Waals surface area contributed by atoms with Crippen LogP contribution in [0.5, 0.6) is 5.75 Å². The Morgan fingerprint density at radius 1 is 1.30 bits per heavy atom. The number of alkyl halides is 2. The van der Waals surface area contributed by atoms with Crippen molar-refractivity contribution in [3.63, 3.8) is 0 Å². The van der Waals surface area contributed by atoms with Gasteiger partial charge in [-0.2, -0.15) is 19.0 Å². The van der Waals surface area contributed by atoms with Crippen molar-refractivity contribution in [2.45, 2.75) is 33.5 Å². The van der Waals surface area contributed by atoms with Crippen LogP contribution in [0.25, 0.3) is 0 Å². The smallest absolute Gasteiger partial charge is 0.387 e. The van der Waals surface area contributed by atoms with Gasteiger partial charge in [0.1, 0.15) is 5.75 Å². The van der Waals surface area contributed by atoms with Crippen LogP contribution in [0.4, 0.5) is 14.5 Å². The molecule has 0 unspecified atom stereocenters. The minimum absolute atomic E-state index is 0.0724. The average Bonchev–Trinajstić information content (AvgIpc) is 3.21. The van der Waals surface area contributed by atoms with E-state index >= 15 is 0 Å². The van der Waals surface area contributed by atoms with Gasteiger partial charge < -0.3 is 10.1 Å². The van der Waals surface area contributed by atoms with Crippen molar-refractivity contribution >= 4 is 11.6 Å². The van der Waals surface area contributed by atoms with E-state index in [1.54, 1.807) is 17.1 Å². The molecule has 0 saturated heterocycles. The molecule has 0 aliphatic carbocycles. The van der Waals surface area contributed by atoms with Crippen molar-refractivity contribution in [3.8, 4) is 5.75 Å². The van der Waals surface area contributed by atoms with Gasteiger partial charge >= 0.3 is 6.61 Å². The van der Waals surface area contributed by atoms with Gasteiger partial charge in [0.2, 0.25) is 0 Å². The quantitative estimate of drug-likeness (QED) is 0.688. The Balaban J connectivity index is 1.66. The van der Waals surface area contributed by atoms with E-state index in [9.17, 15) is 13.6 Å². The number of halogens is 2. The third-order valence-corrected chi connectivity index (χ3v) is 4.05. The number of amides is 1. The maximum absolute atomic E-state index is 12.3. The Hall–Kier alpha value is -3.23. The topological polar surface area (TPSA) is 74.0 Å². The molecule has 0 aliphatic heterocycles. The highest BCUT2D eigenvalue weighted by Gasteiger charge is 2.12. The van der Waals surface area contributed by atoms with Crippen LogP contribution in [0.15, 0.2) is 42.9 Å². The SMILES string of the molecule is CCn1ncc(Cn2cc(NC(=O)c3cccc(OC(F)F)c3)cn2)c1C. The van der Waals surface area contributed by atoms with E-state index in [0.717, 1.165) is 17.8 Å². The van der Waals surface area contributed by atoms with Crippen molar-refractivity contribution in [2.75, 3.05) is 5.32 Å². The lowest BCUT2D eigenvalue weighted by molar-refractivity contribution is -0.0498. The van der Waals surface area contributed by atoms with Crippen molar-refractivity contribution in [2.24, 2.45) is 0 Å². The number of carbonyl (C=O) groups excluding carboxylic acids is 1. The average molecular weight is 375 g/mol. The van der Waals surface area contributed by atoms with Crippen LogP contribution in [-0.2, 0) is 13.1 Å². The van der Waals surface area contributed by atoms with Crippen molar-refractivity contribution < 1.29 is 18.3 Å². The summed E-state index contributed by atoms with van der Waals surface area (Å²) in [5.41, 5.74) is 2.81. The standard InChI is InChI=1S/C18H19F2N5O2/c1-3-25-12(2)14(8-22-25)10-24-11-15(9-21-24)23-17(26)13-5-4-6-16(7-13)27-18(19)20/h4-9,11,18H,3,10H2,1-2H3,(H,23,26). The van der Waals surface area contributed by atoms with Gasteiger partial charge in [-0.1, -0.05) is 6.07 Å². The van der Waals surface area contributed by atoms with E-state index in [-0.39, 0.29) is 11.3 Å². The summed E-state index contributed by atoms with van der Waals surface area (Å²) >= 11 is 0. The summed E-state index contributed by atoms with van der Waals surface area (Å²) in [5.74, 6) is -0.513. The van der Waals surface area contributed by atoms with Gasteiger partial charge in [-0.05, 0) is 32.0 Å². The molecule has 142 valence electrons. The molecular weight excluding hydrogens is 356 g/mol. The molecule has 0 bridgehead atoms. The highest BCUT2D eigenvalue weighted by Crippen LogP contribution is 2.17. The summed E-state index contributed by atoms with van der Waals surface area (Å²) in [6.07, 6.45) is 5.02. The number of benzene rings is 1. The van der Waals surface area contributed by atoms with Gasteiger partial charge in [0, 0.05) is 29.6 Å². The second kappa shape index (κ2) is 7.98. The van der Waals surface area contributed by atoms with Gasteiger partial charge in [0.05, 0.1) is 24.6 Å². The van der Waals surface area contributed by atoms with Gasteiger partial charge in [-0.15, -0.1) is 0 Å². The molecule has 0 saturated carbocycles. The van der Waals surface area contributed by atoms with Crippen LogP contribution in [0.2, 0.25) is 0 Å². The molecule has 7 nitrogen and oxygen atoms in total. The Morgan fingerprint density at radius 2 is 2.11 bits per heavy atom. The van der Waals surface area contributed by atoms with Crippen LogP contribution in [0, 0.1) is 6.92 Å². The van der Waals surface area contributed by atoms with Gasteiger partial charge in [0.15, 0.2) is 0 Å². The number of carbonyl (C=O) groups is 1. The van der Waals surface area contributed by atoms with E-state index in [1.165, 1.54) is 30.5 Å². The fraction of sp³-hybridized carbons (Fsp3) is 0.278. The number of rotatable bonds is 7. The van der Waals surface area contributed by atoms with Crippen molar-refractivity contribution in [3.05, 3.63) is 59.7 Å². The Morgan fingerprint density at radius 3 is 2.81 bits per heavy atom. The largest absolute Gasteiger partial charge is 0.435 e. The third kappa shape index (κ3) is 4.49. The molecule has 3 rings (SSSR count). The molecule has 0 radical (unpaired) electrons. The minimum Gasteiger partial charge on any atom is -0.435 e. The Bertz CT molecular complexity index is 935. The number of hydrogen-bond acceptors (Lipinski definition) is 4. The predicted molar refractivity (Wildman–Crippen MR) is 95.0 cm³/mol. The van der Waals surface area contributed by atoms with Crippen molar-refractivity contribution in [1.29, 1.82) is 0 Å². The minimum atomic E-state index is -2.94. The van der Waals surface area contributed by atoms with Crippen LogP contribution in [-0.4, -0.2) is 32.1 Å². The monoisotopic (exact) mass is 375 g/mol. The second-order valence-electron chi connectivity index (χ2n) is 5.86. The number of nitrogens with zero attached hydrogens (tertiary/aromatic N) is 4. The maximum Gasteiger partial charge on any atom is 0.387 e. The fourth-order valence-electron chi connectivity index (χ4n) is 2.67. The molecule has 9 heteroatoms. The summed E-state index contributed by atoms with van der Waals surface area (Å²) in [6, 6.07) is 5.61. The number of hydrogen-bond donors (Lipinski definition) is 1. The Labute approximate surface area is 154 Å². The molecule has 27 heavy (non-hydrogen) atoms. The number of aromatic nitrogens is 4. The van der Waals surface area contributed by atoms with Gasteiger partial charge in [-0.25, -0.2) is 0 Å². The first-order valence-corrected chi connectivity index (χ1v) is 8.36. The summed E-state index contributed by atoms with van der Waals surface area (Å²) in [6.45, 7) is 2.39. The first-order chi connectivity index (χ1) is 13.0. The highest BCUT2D eigenvalue weighted by atomic mass is 19.3. The molecule has 1 amide bonds. The van der Waals surface area contributed by atoms with Crippen LogP contribution < -0.4 is 10.1 Å². The van der Waals surface area contributed by atoms with E-state index in [1.807, 2.05) is 18.5 Å². The van der Waals surface area contributed by atoms with E-state index in [0.29, 0.717) is 12.2 Å². The van der Waals surface area contributed by atoms with E-state index in [2.05, 4.69) is 20.3 Å². The molecule has 2 heterocycles. The molecule has 0 fully saturated rings. The lowest BCUT2D eigenvalue weighted by atomic mass is 10.2. The second-order valence-corrected chi connectivity index (χ2v) is 5.86. The predicted octanol–water partition coefficient (Wildman–Crippen LogP) is 3.31. The molecule has 1 N–H and O–H groups in total. The zero-order chi connectivity index (χ0) is 19.4. The molecule has 0 spiro atoms. The van der Waals surface area contributed by atoms with Crippen LogP contribution in [0.1, 0.15) is 28.5 Å². The van der Waals surface area contributed by atoms with E-state index in [4.69, 9.17) is 0 Å². The lowest BCUT2D eigenvalue weighted by Crippen LogP contribution is -2.12. The molecule has 2 aromatic heterocycles. The first-order valence-electron chi connectivity index (χ1n) is 8.36. The normalized spacial score (nSPS) is 11.0. The van der Waals surface area contributed by atoms with Gasteiger partial charge in [-0.3, -0.25) is 14.2 Å². The lowest BCUT2D eigenvalue weighted by Gasteiger charge is -2.07. The number of anilines is 1. The number of aryl methyl sites for hydroxylation is 1. The van der Waals surface area contributed by atoms with Crippen LogP contribution in [0.3, 0.4) is 0 Å². The molecular formula is C18H19F2N5O2. The Kier molecular flexibility index (Phi) is 5.49. The molecule has 1 aromatic carbocycles.